The normalized spacial score (nSPS) is 17.6. The number of benzene rings is 2. The topological polar surface area (TPSA) is 126 Å². The molecule has 0 unspecified atom stereocenters. The minimum Gasteiger partial charge on any atom is -0.493 e. The van der Waals surface area contributed by atoms with Gasteiger partial charge in [0.2, 0.25) is 5.82 Å². The summed E-state index contributed by atoms with van der Waals surface area (Å²) in [5.41, 5.74) is 5.62. The lowest BCUT2D eigenvalue weighted by Gasteiger charge is -2.17. The number of amides is 1. The van der Waals surface area contributed by atoms with Crippen LogP contribution in [0.2, 0.25) is 0 Å². The highest BCUT2D eigenvalue weighted by atomic mass is 32.1. The Hall–Kier alpha value is -5.50. The molecular weight excluding hydrogens is 694 g/mol. The van der Waals surface area contributed by atoms with E-state index >= 15 is 0 Å². The van der Waals surface area contributed by atoms with Crippen LogP contribution in [-0.2, 0) is 19.3 Å². The van der Waals surface area contributed by atoms with Crippen molar-refractivity contribution in [2.24, 2.45) is 0 Å². The van der Waals surface area contributed by atoms with Crippen molar-refractivity contribution in [2.45, 2.75) is 57.5 Å². The number of nitrogens with one attached hydrogen (secondary N) is 2. The first-order valence-electron chi connectivity index (χ1n) is 17.1. The van der Waals surface area contributed by atoms with Crippen LogP contribution < -0.4 is 15.8 Å². The summed E-state index contributed by atoms with van der Waals surface area (Å²) < 4.78 is 54.6. The molecule has 3 aliphatic rings. The summed E-state index contributed by atoms with van der Waals surface area (Å²) in [4.78, 5) is 39.1. The third kappa shape index (κ3) is 5.18. The van der Waals surface area contributed by atoms with Crippen LogP contribution in [-0.4, -0.2) is 44.6 Å². The Bertz CT molecular complexity index is 2490. The van der Waals surface area contributed by atoms with Crippen molar-refractivity contribution in [1.29, 1.82) is 0 Å². The molecule has 2 N–H and O–H groups in total. The van der Waals surface area contributed by atoms with Gasteiger partial charge < -0.3 is 19.4 Å². The predicted molar refractivity (Wildman–Crippen MR) is 188 cm³/mol. The van der Waals surface area contributed by atoms with Gasteiger partial charge in [-0.2, -0.15) is 4.39 Å². The molecule has 0 spiro atoms. The van der Waals surface area contributed by atoms with Gasteiger partial charge in [-0.05, 0) is 92.3 Å². The summed E-state index contributed by atoms with van der Waals surface area (Å²) in [5.74, 6) is -2.69. The second-order valence-electron chi connectivity index (χ2n) is 13.4. The van der Waals surface area contributed by atoms with Crippen LogP contribution in [0.5, 0.6) is 5.75 Å². The molecule has 264 valence electrons. The van der Waals surface area contributed by atoms with Crippen LogP contribution in [0.4, 0.5) is 19.0 Å². The highest BCUT2D eigenvalue weighted by molar-refractivity contribution is 7.23. The SMILES string of the molecule is COc1c(F)c(F)cc2c1CC[C@H]2Nc1nc(C)cc2cc(-c3c4c(nc(CCc5ccc(F)cc5)c3-c3n[nH]c(=O)o3)[C@H]3CCCN3C4=O)sc12. The van der Waals surface area contributed by atoms with E-state index in [0.717, 1.165) is 39.1 Å². The predicted octanol–water partition coefficient (Wildman–Crippen LogP) is 7.61. The number of hydrogen-bond acceptors (Lipinski definition) is 9. The van der Waals surface area contributed by atoms with E-state index in [9.17, 15) is 22.8 Å². The molecule has 52 heavy (non-hydrogen) atoms. The zero-order valence-electron chi connectivity index (χ0n) is 28.1. The van der Waals surface area contributed by atoms with Crippen molar-refractivity contribution in [3.63, 3.8) is 0 Å². The molecule has 9 rings (SSSR count). The van der Waals surface area contributed by atoms with Gasteiger partial charge in [0.25, 0.3) is 11.8 Å². The lowest BCUT2D eigenvalue weighted by atomic mass is 9.93. The fourth-order valence-corrected chi connectivity index (χ4v) is 9.21. The summed E-state index contributed by atoms with van der Waals surface area (Å²) in [6.07, 6.45) is 3.63. The molecular formula is C38H31F3N6O4S. The third-order valence-electron chi connectivity index (χ3n) is 10.3. The molecule has 14 heteroatoms. The number of aromatic amines is 1. The van der Waals surface area contributed by atoms with E-state index in [1.54, 1.807) is 12.1 Å². The molecule has 1 amide bonds. The maximum absolute atomic E-state index is 14.7. The van der Waals surface area contributed by atoms with Crippen molar-refractivity contribution in [3.8, 4) is 27.6 Å². The first-order chi connectivity index (χ1) is 25.2. The van der Waals surface area contributed by atoms with Gasteiger partial charge in [0.15, 0.2) is 11.6 Å². The quantitative estimate of drug-likeness (QED) is 0.164. The number of aromatic nitrogens is 4. The van der Waals surface area contributed by atoms with Gasteiger partial charge >= 0.3 is 5.76 Å². The number of rotatable bonds is 8. The largest absolute Gasteiger partial charge is 0.493 e. The average Bonchev–Trinajstić information content (AvgIpc) is 3.97. The second-order valence-corrected chi connectivity index (χ2v) is 14.5. The number of anilines is 1. The Balaban J connectivity index is 1.21. The molecule has 0 bridgehead atoms. The molecule has 6 heterocycles. The molecule has 4 aromatic heterocycles. The minimum atomic E-state index is -0.999. The van der Waals surface area contributed by atoms with Gasteiger partial charge in [-0.25, -0.2) is 23.7 Å². The standard InChI is InChI=1S/C38H31F3N6O4S/c1-17-14-19-15-27(52-34(19)35(42-17)44-24-12-10-21-22(24)16-23(40)31(41)33(21)50-2)29-28(36-45-46-38(49)51-36)25(11-7-18-5-8-20(39)9-6-18)43-32-26-4-3-13-47(26)37(48)30(29)32/h5-6,8-9,14-16,24,26H,3-4,7,10-13H2,1-2H3,(H,42,44)(H,46,49)/t24-,26-/m1/s1. The van der Waals surface area contributed by atoms with Crippen LogP contribution in [0, 0.1) is 24.4 Å². The molecule has 1 saturated heterocycles. The number of pyridine rings is 2. The number of fused-ring (bicyclic) bond motifs is 5. The lowest BCUT2D eigenvalue weighted by molar-refractivity contribution is 0.0776. The number of thiophene rings is 1. The van der Waals surface area contributed by atoms with Gasteiger partial charge in [-0.1, -0.05) is 12.1 Å². The highest BCUT2D eigenvalue weighted by Gasteiger charge is 2.45. The molecule has 1 fully saturated rings. The smallest absolute Gasteiger partial charge is 0.434 e. The fraction of sp³-hybridized carbons (Fsp3) is 0.289. The van der Waals surface area contributed by atoms with Crippen LogP contribution in [0.25, 0.3) is 32.0 Å². The molecule has 6 aromatic rings. The molecule has 0 radical (unpaired) electrons. The van der Waals surface area contributed by atoms with E-state index < -0.39 is 17.4 Å². The zero-order chi connectivity index (χ0) is 35.8. The van der Waals surface area contributed by atoms with E-state index in [-0.39, 0.29) is 35.4 Å². The summed E-state index contributed by atoms with van der Waals surface area (Å²) >= 11 is 1.42. The average molecular weight is 725 g/mol. The molecule has 10 nitrogen and oxygen atoms in total. The Morgan fingerprint density at radius 1 is 1.04 bits per heavy atom. The molecule has 2 atom stereocenters. The lowest BCUT2D eigenvalue weighted by Crippen LogP contribution is -2.22. The maximum Gasteiger partial charge on any atom is 0.434 e. The number of nitrogens with zero attached hydrogens (tertiary/aromatic N) is 4. The first kappa shape index (κ1) is 32.4. The van der Waals surface area contributed by atoms with Gasteiger partial charge in [0, 0.05) is 28.2 Å². The number of aryl methyl sites for hydroxylation is 3. The maximum atomic E-state index is 14.7. The fourth-order valence-electron chi connectivity index (χ4n) is 8.06. The van der Waals surface area contributed by atoms with Gasteiger partial charge in [0.1, 0.15) is 11.6 Å². The summed E-state index contributed by atoms with van der Waals surface area (Å²) in [5, 5.41) is 10.9. The number of methoxy groups -OCH3 is 1. The second kappa shape index (κ2) is 12.3. The number of ether oxygens (including phenoxy) is 1. The highest BCUT2D eigenvalue weighted by Crippen LogP contribution is 2.51. The zero-order valence-corrected chi connectivity index (χ0v) is 28.9. The summed E-state index contributed by atoms with van der Waals surface area (Å²) in [6, 6.07) is 10.9. The van der Waals surface area contributed by atoms with E-state index in [0.29, 0.717) is 77.3 Å². The van der Waals surface area contributed by atoms with Crippen molar-refractivity contribution >= 4 is 33.1 Å². The Kier molecular flexibility index (Phi) is 7.68. The van der Waals surface area contributed by atoms with E-state index in [1.165, 1.54) is 36.6 Å². The number of hydrogen-bond donors (Lipinski definition) is 2. The Morgan fingerprint density at radius 2 is 1.87 bits per heavy atom. The molecule has 1 aliphatic carbocycles. The molecule has 2 aromatic carbocycles. The van der Waals surface area contributed by atoms with Crippen molar-refractivity contribution < 1.29 is 27.1 Å². The van der Waals surface area contributed by atoms with Crippen LogP contribution in [0.15, 0.2) is 51.7 Å². The monoisotopic (exact) mass is 724 g/mol. The van der Waals surface area contributed by atoms with E-state index in [4.69, 9.17) is 19.1 Å². The number of halogens is 3. The van der Waals surface area contributed by atoms with Gasteiger partial charge in [0.05, 0.1) is 46.4 Å². The number of carbonyl (C=O) groups excluding carboxylic acids is 1. The summed E-state index contributed by atoms with van der Waals surface area (Å²) in [7, 11) is 1.33. The first-order valence-corrected chi connectivity index (χ1v) is 17.9. The van der Waals surface area contributed by atoms with E-state index in [1.807, 2.05) is 24.0 Å². The van der Waals surface area contributed by atoms with Crippen LogP contribution in [0.3, 0.4) is 0 Å². The van der Waals surface area contributed by atoms with Gasteiger partial charge in [-0.3, -0.25) is 9.78 Å². The minimum absolute atomic E-state index is 0.0140. The number of carbonyl (C=O) groups is 1. The summed E-state index contributed by atoms with van der Waals surface area (Å²) in [6.45, 7) is 2.49. The van der Waals surface area contributed by atoms with Gasteiger partial charge in [-0.15, -0.1) is 16.4 Å². The molecule has 2 aliphatic heterocycles. The Morgan fingerprint density at radius 3 is 2.63 bits per heavy atom. The van der Waals surface area contributed by atoms with Crippen molar-refractivity contribution in [1.82, 2.24) is 25.1 Å². The van der Waals surface area contributed by atoms with Crippen molar-refractivity contribution in [2.75, 3.05) is 19.0 Å². The van der Waals surface area contributed by atoms with Crippen LogP contribution >= 0.6 is 11.3 Å². The molecule has 0 saturated carbocycles. The van der Waals surface area contributed by atoms with E-state index in [2.05, 4.69) is 15.5 Å². The van der Waals surface area contributed by atoms with Crippen molar-refractivity contribution in [3.05, 3.63) is 110 Å². The number of H-pyrrole nitrogens is 1. The Labute approximate surface area is 298 Å². The van der Waals surface area contributed by atoms with Crippen LogP contribution in [0.1, 0.15) is 75.5 Å². The third-order valence-corrected chi connectivity index (χ3v) is 11.5.